The van der Waals surface area contributed by atoms with E-state index in [2.05, 4.69) is 52.4 Å². The standard InChI is InChI=1S/C17H10O.C13H9N2.Ir/c1-2-6-13-12(5-1)9-10-14-15-7-3-4-8-17(15)18-11-16(13)14;1-2-6-11-10(5-1)9-13(15-11)12-7-3-4-8-14-12;/h1-6,8-9H,11H2;1-9H;/q-2;-1;+3. The van der Waals surface area contributed by atoms with Gasteiger partial charge in [-0.1, -0.05) is 60.7 Å². The smallest absolute Gasteiger partial charge is 0.656 e. The third-order valence-electron chi connectivity index (χ3n) is 5.80. The fourth-order valence-corrected chi connectivity index (χ4v) is 4.20. The Morgan fingerprint density at radius 2 is 1.62 bits per heavy atom. The van der Waals surface area contributed by atoms with E-state index in [0.717, 1.165) is 39.2 Å². The minimum absolute atomic E-state index is 0. The summed E-state index contributed by atoms with van der Waals surface area (Å²) < 4.78 is 5.81. The molecule has 0 atom stereocenters. The van der Waals surface area contributed by atoms with Crippen molar-refractivity contribution in [1.82, 2.24) is 9.97 Å². The van der Waals surface area contributed by atoms with Crippen LogP contribution in [-0.2, 0) is 26.7 Å². The first-order valence-corrected chi connectivity index (χ1v) is 10.9. The second kappa shape index (κ2) is 9.64. The van der Waals surface area contributed by atoms with Gasteiger partial charge in [0.2, 0.25) is 0 Å². The molecule has 0 fully saturated rings. The number of aromatic nitrogens is 2. The minimum atomic E-state index is 0. The maximum atomic E-state index is 5.81. The van der Waals surface area contributed by atoms with Crippen molar-refractivity contribution in [3.8, 4) is 28.3 Å². The first-order valence-electron chi connectivity index (χ1n) is 10.9. The van der Waals surface area contributed by atoms with Crippen LogP contribution >= 0.6 is 0 Å². The van der Waals surface area contributed by atoms with E-state index < -0.39 is 0 Å². The molecule has 3 heterocycles. The van der Waals surface area contributed by atoms with Crippen molar-refractivity contribution in [1.29, 1.82) is 0 Å². The molecular weight excluding hydrogens is 597 g/mol. The molecule has 2 aromatic heterocycles. The van der Waals surface area contributed by atoms with Crippen molar-refractivity contribution in [2.75, 3.05) is 0 Å². The van der Waals surface area contributed by atoms with Crippen LogP contribution in [0.3, 0.4) is 0 Å². The van der Waals surface area contributed by atoms with Crippen molar-refractivity contribution in [3.05, 3.63) is 121 Å². The van der Waals surface area contributed by atoms with E-state index in [4.69, 9.17) is 4.74 Å². The predicted molar refractivity (Wildman–Crippen MR) is 132 cm³/mol. The van der Waals surface area contributed by atoms with Gasteiger partial charge in [-0.2, -0.15) is 23.8 Å². The number of benzene rings is 4. The van der Waals surface area contributed by atoms with Gasteiger partial charge in [-0.15, -0.1) is 45.7 Å². The number of pyridine rings is 1. The molecule has 0 aliphatic carbocycles. The molecule has 1 aliphatic rings. The molecule has 6 aromatic rings. The van der Waals surface area contributed by atoms with Gasteiger partial charge in [0.1, 0.15) is 0 Å². The zero-order chi connectivity index (χ0) is 22.0. The van der Waals surface area contributed by atoms with Gasteiger partial charge in [-0.25, -0.2) is 5.56 Å². The summed E-state index contributed by atoms with van der Waals surface area (Å²) in [6, 6.07) is 38.9. The van der Waals surface area contributed by atoms with E-state index >= 15 is 0 Å². The van der Waals surface area contributed by atoms with Crippen LogP contribution in [0.5, 0.6) is 5.75 Å². The molecule has 0 bridgehead atoms. The van der Waals surface area contributed by atoms with Crippen molar-refractivity contribution < 1.29 is 24.8 Å². The van der Waals surface area contributed by atoms with Crippen molar-refractivity contribution in [3.63, 3.8) is 0 Å². The van der Waals surface area contributed by atoms with E-state index in [0.29, 0.717) is 6.61 Å². The molecule has 164 valence electrons. The summed E-state index contributed by atoms with van der Waals surface area (Å²) in [7, 11) is 0. The largest absolute Gasteiger partial charge is 3.00 e. The van der Waals surface area contributed by atoms with Gasteiger partial charge < -0.3 is 9.72 Å². The summed E-state index contributed by atoms with van der Waals surface area (Å²) in [4.78, 5) is 8.80. The van der Waals surface area contributed by atoms with Crippen LogP contribution in [0.25, 0.3) is 44.2 Å². The fourth-order valence-electron chi connectivity index (χ4n) is 4.20. The molecule has 4 heteroatoms. The van der Waals surface area contributed by atoms with Gasteiger partial charge in [0, 0.05) is 11.9 Å². The van der Waals surface area contributed by atoms with Gasteiger partial charge in [0.25, 0.3) is 0 Å². The molecule has 7 rings (SSSR count). The monoisotopic (exact) mass is 616 g/mol. The van der Waals surface area contributed by atoms with Gasteiger partial charge in [-0.05, 0) is 23.3 Å². The summed E-state index contributed by atoms with van der Waals surface area (Å²) >= 11 is 0. The zero-order valence-electron chi connectivity index (χ0n) is 18.2. The van der Waals surface area contributed by atoms with E-state index in [1.165, 1.54) is 16.3 Å². The summed E-state index contributed by atoms with van der Waals surface area (Å²) in [6.07, 6.45) is 1.79. The molecule has 0 spiro atoms. The van der Waals surface area contributed by atoms with Crippen molar-refractivity contribution in [2.24, 2.45) is 0 Å². The van der Waals surface area contributed by atoms with Crippen molar-refractivity contribution in [2.45, 2.75) is 6.61 Å². The van der Waals surface area contributed by atoms with Crippen LogP contribution in [0.1, 0.15) is 5.56 Å². The fraction of sp³-hybridized carbons (Fsp3) is 0.0333. The Kier molecular flexibility index (Phi) is 6.26. The molecule has 34 heavy (non-hydrogen) atoms. The number of hydrogen-bond donors (Lipinski definition) is 0. The van der Waals surface area contributed by atoms with Crippen LogP contribution in [-0.4, -0.2) is 4.98 Å². The average molecular weight is 616 g/mol. The Balaban J connectivity index is 0.000000140. The molecule has 3 nitrogen and oxygen atoms in total. The average Bonchev–Trinajstić information content (AvgIpc) is 3.34. The molecular formula is C30H19IrN2O. The molecule has 0 saturated carbocycles. The number of hydrogen-bond acceptors (Lipinski definition) is 2. The molecule has 0 amide bonds. The third kappa shape index (κ3) is 4.14. The van der Waals surface area contributed by atoms with Crippen LogP contribution in [0.2, 0.25) is 0 Å². The number of para-hydroxylation sites is 1. The maximum Gasteiger partial charge on any atom is 3.00 e. The molecule has 0 unspecified atom stereocenters. The molecule has 4 aromatic carbocycles. The minimum Gasteiger partial charge on any atom is -0.656 e. The Bertz CT molecular complexity index is 1540. The normalized spacial score (nSPS) is 11.4. The van der Waals surface area contributed by atoms with Crippen LogP contribution in [0.15, 0.2) is 103 Å². The van der Waals surface area contributed by atoms with Crippen molar-refractivity contribution >= 4 is 21.7 Å². The SMILES string of the molecule is [Ir+3].[c-]1cccc2c1-c1[c-]cc3ccccc3c1CO2.c1ccc(-c2cc3ccccc3[n-]2)nc1. The van der Waals surface area contributed by atoms with Gasteiger partial charge >= 0.3 is 20.1 Å². The second-order valence-electron chi connectivity index (χ2n) is 7.84. The van der Waals surface area contributed by atoms with Gasteiger partial charge in [0.15, 0.2) is 0 Å². The van der Waals surface area contributed by atoms with E-state index in [1.807, 2.05) is 66.7 Å². The Morgan fingerprint density at radius 3 is 2.47 bits per heavy atom. The van der Waals surface area contributed by atoms with E-state index in [-0.39, 0.29) is 20.1 Å². The van der Waals surface area contributed by atoms with Gasteiger partial charge in [-0.3, -0.25) is 4.98 Å². The Labute approximate surface area is 211 Å². The Morgan fingerprint density at radius 1 is 0.794 bits per heavy atom. The molecule has 0 saturated heterocycles. The predicted octanol–water partition coefficient (Wildman–Crippen LogP) is 6.86. The van der Waals surface area contributed by atoms with Crippen LogP contribution < -0.4 is 9.72 Å². The summed E-state index contributed by atoms with van der Waals surface area (Å²) in [5.41, 5.74) is 6.24. The van der Waals surface area contributed by atoms with Gasteiger partial charge in [0.05, 0.1) is 6.61 Å². The summed E-state index contributed by atoms with van der Waals surface area (Å²) in [5.74, 6) is 0.900. The first kappa shape index (κ1) is 22.1. The number of ether oxygens (including phenoxy) is 1. The van der Waals surface area contributed by atoms with E-state index in [9.17, 15) is 0 Å². The topological polar surface area (TPSA) is 36.2 Å². The number of fused-ring (bicyclic) bond motifs is 6. The number of rotatable bonds is 1. The second-order valence-corrected chi connectivity index (χ2v) is 7.84. The summed E-state index contributed by atoms with van der Waals surface area (Å²) in [5, 5.41) is 3.62. The third-order valence-corrected chi connectivity index (χ3v) is 5.80. The van der Waals surface area contributed by atoms with Crippen LogP contribution in [0.4, 0.5) is 0 Å². The first-order chi connectivity index (χ1) is 16.4. The quantitative estimate of drug-likeness (QED) is 0.190. The summed E-state index contributed by atoms with van der Waals surface area (Å²) in [6.45, 7) is 0.609. The number of nitrogens with zero attached hydrogens (tertiary/aromatic N) is 2. The Hall–Kier alpha value is -3.72. The molecule has 0 N–H and O–H groups in total. The zero-order valence-corrected chi connectivity index (χ0v) is 20.6. The maximum absolute atomic E-state index is 5.81. The molecule has 1 aliphatic heterocycles. The van der Waals surface area contributed by atoms with E-state index in [1.54, 1.807) is 6.20 Å². The van der Waals surface area contributed by atoms with Crippen LogP contribution in [0, 0.1) is 12.1 Å². The molecule has 0 radical (unpaired) electrons.